The van der Waals surface area contributed by atoms with E-state index in [1.807, 2.05) is 18.2 Å². The average Bonchev–Trinajstić information content (AvgIpc) is 2.74. The highest BCUT2D eigenvalue weighted by Crippen LogP contribution is 2.41. The molecule has 1 fully saturated rings. The molecule has 0 aliphatic carbocycles. The predicted molar refractivity (Wildman–Crippen MR) is 85.2 cm³/mol. The standard InChI is InChI=1S/C17H25N3O/c1-17(2,18)11-20-9-7-12(8-10-20)15-13-5-3-4-6-14(13)19-16(15)21/h3-6,12,15H,7-11,18H2,1-2H3,(H,19,21). The van der Waals surface area contributed by atoms with Crippen LogP contribution in [0.2, 0.25) is 0 Å². The van der Waals surface area contributed by atoms with E-state index in [4.69, 9.17) is 5.73 Å². The lowest BCUT2D eigenvalue weighted by Crippen LogP contribution is -2.48. The van der Waals surface area contributed by atoms with Crippen LogP contribution in [0.5, 0.6) is 0 Å². The molecule has 114 valence electrons. The van der Waals surface area contributed by atoms with E-state index in [0.717, 1.165) is 38.2 Å². The van der Waals surface area contributed by atoms with Gasteiger partial charge in [0.1, 0.15) is 0 Å². The van der Waals surface area contributed by atoms with E-state index in [-0.39, 0.29) is 17.4 Å². The normalized spacial score (nSPS) is 24.0. The summed E-state index contributed by atoms with van der Waals surface area (Å²) in [6.45, 7) is 7.14. The van der Waals surface area contributed by atoms with Crippen LogP contribution in [0.3, 0.4) is 0 Å². The van der Waals surface area contributed by atoms with Gasteiger partial charge in [-0.1, -0.05) is 18.2 Å². The van der Waals surface area contributed by atoms with Gasteiger partial charge in [-0.3, -0.25) is 4.79 Å². The van der Waals surface area contributed by atoms with Crippen LogP contribution in [0.4, 0.5) is 5.69 Å². The summed E-state index contributed by atoms with van der Waals surface area (Å²) in [6.07, 6.45) is 2.14. The summed E-state index contributed by atoms with van der Waals surface area (Å²) in [5, 5.41) is 3.02. The van der Waals surface area contributed by atoms with Crippen LogP contribution in [0.15, 0.2) is 24.3 Å². The lowest BCUT2D eigenvalue weighted by molar-refractivity contribution is -0.118. The third-order valence-electron chi connectivity index (χ3n) is 4.57. The maximum absolute atomic E-state index is 12.3. The minimum Gasteiger partial charge on any atom is -0.325 e. The second-order valence-corrected chi connectivity index (χ2v) is 7.16. The highest BCUT2D eigenvalue weighted by Gasteiger charge is 2.38. The molecule has 0 spiro atoms. The number of hydrogen-bond donors (Lipinski definition) is 2. The van der Waals surface area contributed by atoms with Crippen LogP contribution >= 0.6 is 0 Å². The molecule has 1 saturated heterocycles. The Labute approximate surface area is 126 Å². The molecule has 0 radical (unpaired) electrons. The molecule has 1 amide bonds. The molecule has 0 aromatic heterocycles. The quantitative estimate of drug-likeness (QED) is 0.896. The second-order valence-electron chi connectivity index (χ2n) is 7.16. The van der Waals surface area contributed by atoms with Gasteiger partial charge in [0.2, 0.25) is 5.91 Å². The van der Waals surface area contributed by atoms with Crippen LogP contribution in [-0.4, -0.2) is 36.0 Å². The fraction of sp³-hybridized carbons (Fsp3) is 0.588. The molecule has 1 atom stereocenters. The van der Waals surface area contributed by atoms with Gasteiger partial charge in [-0.05, 0) is 57.3 Å². The summed E-state index contributed by atoms with van der Waals surface area (Å²) < 4.78 is 0. The zero-order chi connectivity index (χ0) is 15.0. The maximum Gasteiger partial charge on any atom is 0.232 e. The van der Waals surface area contributed by atoms with Crippen molar-refractivity contribution in [2.75, 3.05) is 25.0 Å². The van der Waals surface area contributed by atoms with E-state index in [0.29, 0.717) is 5.92 Å². The van der Waals surface area contributed by atoms with Crippen LogP contribution in [0, 0.1) is 5.92 Å². The molecule has 0 bridgehead atoms. The number of nitrogens with zero attached hydrogens (tertiary/aromatic N) is 1. The number of likely N-dealkylation sites (tertiary alicyclic amines) is 1. The molecule has 4 nitrogen and oxygen atoms in total. The van der Waals surface area contributed by atoms with Gasteiger partial charge in [-0.25, -0.2) is 0 Å². The first-order valence-electron chi connectivity index (χ1n) is 7.85. The molecule has 2 aliphatic rings. The van der Waals surface area contributed by atoms with Gasteiger partial charge in [0.05, 0.1) is 5.92 Å². The number of amides is 1. The minimum atomic E-state index is -0.149. The minimum absolute atomic E-state index is 0.0363. The van der Waals surface area contributed by atoms with Crippen LogP contribution in [0.1, 0.15) is 38.2 Å². The summed E-state index contributed by atoms with van der Waals surface area (Å²) in [4.78, 5) is 14.7. The van der Waals surface area contributed by atoms with Gasteiger partial charge in [-0.15, -0.1) is 0 Å². The molecule has 4 heteroatoms. The van der Waals surface area contributed by atoms with E-state index >= 15 is 0 Å². The van der Waals surface area contributed by atoms with E-state index in [9.17, 15) is 4.79 Å². The topological polar surface area (TPSA) is 58.4 Å². The summed E-state index contributed by atoms with van der Waals surface area (Å²) in [7, 11) is 0. The molecular weight excluding hydrogens is 262 g/mol. The van der Waals surface area contributed by atoms with Crippen LogP contribution in [-0.2, 0) is 4.79 Å². The zero-order valence-corrected chi connectivity index (χ0v) is 12.9. The first-order valence-corrected chi connectivity index (χ1v) is 7.85. The van der Waals surface area contributed by atoms with E-state index in [1.54, 1.807) is 0 Å². The molecule has 1 unspecified atom stereocenters. The van der Waals surface area contributed by atoms with E-state index in [1.165, 1.54) is 5.56 Å². The molecule has 1 aromatic rings. The smallest absolute Gasteiger partial charge is 0.232 e. The number of nitrogens with two attached hydrogens (primary N) is 1. The Morgan fingerprint density at radius 1 is 1.29 bits per heavy atom. The van der Waals surface area contributed by atoms with Gasteiger partial charge >= 0.3 is 0 Å². The van der Waals surface area contributed by atoms with Crippen molar-refractivity contribution >= 4 is 11.6 Å². The molecule has 1 aromatic carbocycles. The third kappa shape index (κ3) is 3.11. The number of carbonyl (C=O) groups excluding carboxylic acids is 1. The number of benzene rings is 1. The number of fused-ring (bicyclic) bond motifs is 1. The summed E-state index contributed by atoms with van der Waals surface area (Å²) in [6, 6.07) is 8.10. The lowest BCUT2D eigenvalue weighted by atomic mass is 9.80. The van der Waals surface area contributed by atoms with Crippen molar-refractivity contribution < 1.29 is 4.79 Å². The monoisotopic (exact) mass is 287 g/mol. The van der Waals surface area contributed by atoms with E-state index < -0.39 is 0 Å². The number of nitrogens with one attached hydrogen (secondary N) is 1. The maximum atomic E-state index is 12.3. The zero-order valence-electron chi connectivity index (χ0n) is 12.9. The van der Waals surface area contributed by atoms with Gasteiger partial charge in [0.25, 0.3) is 0 Å². The molecular formula is C17H25N3O. The Morgan fingerprint density at radius 3 is 2.62 bits per heavy atom. The summed E-state index contributed by atoms with van der Waals surface area (Å²) in [5.41, 5.74) is 8.13. The largest absolute Gasteiger partial charge is 0.325 e. The van der Waals surface area contributed by atoms with E-state index in [2.05, 4.69) is 30.1 Å². The molecule has 3 rings (SSSR count). The van der Waals surface area contributed by atoms with Crippen molar-refractivity contribution in [2.45, 2.75) is 38.1 Å². The Kier molecular flexibility index (Phi) is 3.76. The lowest BCUT2D eigenvalue weighted by Gasteiger charge is -2.37. The Hall–Kier alpha value is -1.39. The molecule has 3 N–H and O–H groups in total. The van der Waals surface area contributed by atoms with Gasteiger partial charge in [-0.2, -0.15) is 0 Å². The van der Waals surface area contributed by atoms with Crippen molar-refractivity contribution in [3.63, 3.8) is 0 Å². The van der Waals surface area contributed by atoms with Gasteiger partial charge in [0.15, 0.2) is 0 Å². The molecule has 2 aliphatic heterocycles. The van der Waals surface area contributed by atoms with Crippen LogP contribution in [0.25, 0.3) is 0 Å². The first kappa shape index (κ1) is 14.5. The fourth-order valence-electron chi connectivity index (χ4n) is 3.72. The molecule has 2 heterocycles. The van der Waals surface area contributed by atoms with Crippen molar-refractivity contribution in [1.29, 1.82) is 0 Å². The SMILES string of the molecule is CC(C)(N)CN1CCC(C2C(=O)Nc3ccccc32)CC1. The van der Waals surface area contributed by atoms with Crippen LogP contribution < -0.4 is 11.1 Å². The number of para-hydroxylation sites is 1. The Morgan fingerprint density at radius 2 is 1.95 bits per heavy atom. The van der Waals surface area contributed by atoms with Crippen molar-refractivity contribution in [2.24, 2.45) is 11.7 Å². The number of anilines is 1. The number of rotatable bonds is 3. The number of piperidine rings is 1. The van der Waals surface area contributed by atoms with Gasteiger partial charge in [0, 0.05) is 17.8 Å². The molecule has 21 heavy (non-hydrogen) atoms. The Bertz CT molecular complexity index is 527. The van der Waals surface area contributed by atoms with Crippen molar-refractivity contribution in [3.8, 4) is 0 Å². The first-order chi connectivity index (χ1) is 9.94. The molecule has 0 saturated carbocycles. The fourth-order valence-corrected chi connectivity index (χ4v) is 3.72. The second kappa shape index (κ2) is 5.43. The highest BCUT2D eigenvalue weighted by atomic mass is 16.2. The highest BCUT2D eigenvalue weighted by molar-refractivity contribution is 6.03. The van der Waals surface area contributed by atoms with Crippen molar-refractivity contribution in [1.82, 2.24) is 4.90 Å². The average molecular weight is 287 g/mol. The predicted octanol–water partition coefficient (Wildman–Crippen LogP) is 2.17. The summed E-state index contributed by atoms with van der Waals surface area (Å²) in [5.74, 6) is 0.661. The summed E-state index contributed by atoms with van der Waals surface area (Å²) >= 11 is 0. The van der Waals surface area contributed by atoms with Gasteiger partial charge < -0.3 is 16.0 Å². The number of hydrogen-bond acceptors (Lipinski definition) is 3. The Balaban J connectivity index is 1.66. The third-order valence-corrected chi connectivity index (χ3v) is 4.57. The number of carbonyl (C=O) groups is 1. The van der Waals surface area contributed by atoms with Crippen molar-refractivity contribution in [3.05, 3.63) is 29.8 Å².